The highest BCUT2D eigenvalue weighted by atomic mass is 16.1. The van der Waals surface area contributed by atoms with Crippen molar-refractivity contribution in [1.82, 2.24) is 20.0 Å². The lowest BCUT2D eigenvalue weighted by atomic mass is 10.00. The zero-order chi connectivity index (χ0) is 17.6. The van der Waals surface area contributed by atoms with Crippen LogP contribution in [0, 0.1) is 13.8 Å². The van der Waals surface area contributed by atoms with Gasteiger partial charge in [-0.25, -0.2) is 0 Å². The maximum atomic E-state index is 12.4. The topological polar surface area (TPSA) is 50.2 Å². The molecule has 1 unspecified atom stereocenters. The fourth-order valence-corrected chi connectivity index (χ4v) is 4.49. The molecule has 5 nitrogen and oxygen atoms in total. The van der Waals surface area contributed by atoms with Crippen LogP contribution in [-0.2, 0) is 11.3 Å². The summed E-state index contributed by atoms with van der Waals surface area (Å²) >= 11 is 0. The third-order valence-corrected chi connectivity index (χ3v) is 5.81. The molecule has 2 fully saturated rings. The molecule has 1 saturated carbocycles. The van der Waals surface area contributed by atoms with E-state index in [0.29, 0.717) is 19.0 Å². The smallest absolute Gasteiger partial charge is 0.222 e. The van der Waals surface area contributed by atoms with Gasteiger partial charge in [-0.3, -0.25) is 14.4 Å². The SMILES string of the molecule is Cc1cc(C)n(CCC(=O)NC2CCCN(C3CCCCCC3)C2)n1. The van der Waals surface area contributed by atoms with E-state index < -0.39 is 0 Å². The normalized spacial score (nSPS) is 23.4. The molecule has 5 heteroatoms. The molecular formula is C20H34N4O. The third-order valence-electron chi connectivity index (χ3n) is 5.81. The molecule has 2 heterocycles. The molecule has 1 N–H and O–H groups in total. The number of rotatable bonds is 5. The summed E-state index contributed by atoms with van der Waals surface area (Å²) in [6.45, 7) is 6.96. The Bertz CT molecular complexity index is 560. The molecular weight excluding hydrogens is 312 g/mol. The second-order valence-electron chi connectivity index (χ2n) is 7.95. The summed E-state index contributed by atoms with van der Waals surface area (Å²) in [5, 5.41) is 7.72. The van der Waals surface area contributed by atoms with Crippen LogP contribution in [0.5, 0.6) is 0 Å². The molecule has 0 aromatic carbocycles. The molecule has 3 rings (SSSR count). The Balaban J connectivity index is 1.45. The van der Waals surface area contributed by atoms with Crippen LogP contribution in [0.3, 0.4) is 0 Å². The minimum Gasteiger partial charge on any atom is -0.352 e. The Morgan fingerprint density at radius 2 is 1.92 bits per heavy atom. The van der Waals surface area contributed by atoms with E-state index in [2.05, 4.69) is 21.4 Å². The summed E-state index contributed by atoms with van der Waals surface area (Å²) in [6.07, 6.45) is 11.1. The summed E-state index contributed by atoms with van der Waals surface area (Å²) in [4.78, 5) is 15.0. The van der Waals surface area contributed by atoms with Gasteiger partial charge in [0.1, 0.15) is 0 Å². The average Bonchev–Trinajstić information content (AvgIpc) is 2.80. The first kappa shape index (κ1) is 18.4. The third kappa shape index (κ3) is 5.30. The average molecular weight is 347 g/mol. The summed E-state index contributed by atoms with van der Waals surface area (Å²) in [5.74, 6) is 0.167. The summed E-state index contributed by atoms with van der Waals surface area (Å²) in [6, 6.07) is 3.13. The number of piperidine rings is 1. The highest BCUT2D eigenvalue weighted by Gasteiger charge is 2.27. The van der Waals surface area contributed by atoms with Crippen molar-refractivity contribution in [3.63, 3.8) is 0 Å². The monoisotopic (exact) mass is 346 g/mol. The van der Waals surface area contributed by atoms with Gasteiger partial charge in [-0.15, -0.1) is 0 Å². The van der Waals surface area contributed by atoms with Crippen molar-refractivity contribution >= 4 is 5.91 Å². The van der Waals surface area contributed by atoms with Crippen LogP contribution in [0.4, 0.5) is 0 Å². The van der Waals surface area contributed by atoms with Crippen molar-refractivity contribution in [2.45, 2.75) is 90.3 Å². The zero-order valence-electron chi connectivity index (χ0n) is 16.0. The summed E-state index contributed by atoms with van der Waals surface area (Å²) < 4.78 is 1.94. The highest BCUT2D eigenvalue weighted by Crippen LogP contribution is 2.24. The Hall–Kier alpha value is -1.36. The molecule has 0 spiro atoms. The molecule has 1 atom stereocenters. The number of nitrogens with zero attached hydrogens (tertiary/aromatic N) is 3. The Labute approximate surface area is 152 Å². The van der Waals surface area contributed by atoms with Crippen molar-refractivity contribution in [3.05, 3.63) is 17.5 Å². The lowest BCUT2D eigenvalue weighted by Crippen LogP contribution is -2.51. The standard InChI is InChI=1S/C20H34N4O/c1-16-14-17(2)24(22-16)13-11-20(25)21-18-8-7-12-23(15-18)19-9-5-3-4-6-10-19/h14,18-19H,3-13,15H2,1-2H3,(H,21,25). The first-order valence-corrected chi connectivity index (χ1v) is 10.2. The maximum Gasteiger partial charge on any atom is 0.222 e. The second kappa shape index (κ2) is 8.84. The number of likely N-dealkylation sites (tertiary alicyclic amines) is 1. The van der Waals surface area contributed by atoms with Crippen LogP contribution in [0.25, 0.3) is 0 Å². The zero-order valence-corrected chi connectivity index (χ0v) is 16.0. The fraction of sp³-hybridized carbons (Fsp3) is 0.800. The van der Waals surface area contributed by atoms with Crippen LogP contribution in [0.15, 0.2) is 6.07 Å². The van der Waals surface area contributed by atoms with Gasteiger partial charge in [-0.1, -0.05) is 25.7 Å². The highest BCUT2D eigenvalue weighted by molar-refractivity contribution is 5.76. The predicted octanol–water partition coefficient (Wildman–Crippen LogP) is 3.19. The van der Waals surface area contributed by atoms with Crippen molar-refractivity contribution in [1.29, 1.82) is 0 Å². The van der Waals surface area contributed by atoms with E-state index in [1.807, 2.05) is 18.5 Å². The number of hydrogen-bond donors (Lipinski definition) is 1. The molecule has 1 aliphatic carbocycles. The van der Waals surface area contributed by atoms with Crippen LogP contribution in [0.1, 0.15) is 69.2 Å². The molecule has 1 aromatic heterocycles. The van der Waals surface area contributed by atoms with Crippen LogP contribution in [0.2, 0.25) is 0 Å². The number of amides is 1. The molecule has 1 amide bonds. The van der Waals surface area contributed by atoms with E-state index in [4.69, 9.17) is 0 Å². The van der Waals surface area contributed by atoms with Crippen molar-refractivity contribution in [2.24, 2.45) is 0 Å². The molecule has 2 aliphatic rings. The van der Waals surface area contributed by atoms with E-state index in [0.717, 1.165) is 30.4 Å². The number of aryl methyl sites for hydroxylation is 3. The lowest BCUT2D eigenvalue weighted by Gasteiger charge is -2.38. The number of nitrogens with one attached hydrogen (secondary N) is 1. The Morgan fingerprint density at radius 3 is 2.60 bits per heavy atom. The van der Waals surface area contributed by atoms with Gasteiger partial charge in [0.15, 0.2) is 0 Å². The Morgan fingerprint density at radius 1 is 1.16 bits per heavy atom. The quantitative estimate of drug-likeness (QED) is 0.833. The van der Waals surface area contributed by atoms with E-state index in [9.17, 15) is 4.79 Å². The van der Waals surface area contributed by atoms with Crippen molar-refractivity contribution in [2.75, 3.05) is 13.1 Å². The van der Waals surface area contributed by atoms with Crippen LogP contribution >= 0.6 is 0 Å². The minimum absolute atomic E-state index is 0.167. The van der Waals surface area contributed by atoms with Gasteiger partial charge in [-0.05, 0) is 52.1 Å². The summed E-state index contributed by atoms with van der Waals surface area (Å²) in [7, 11) is 0. The molecule has 1 saturated heterocycles. The molecule has 1 aliphatic heterocycles. The summed E-state index contributed by atoms with van der Waals surface area (Å²) in [5.41, 5.74) is 2.15. The van der Waals surface area contributed by atoms with Gasteiger partial charge in [0, 0.05) is 37.3 Å². The van der Waals surface area contributed by atoms with E-state index in [-0.39, 0.29) is 5.91 Å². The first-order chi connectivity index (χ1) is 12.1. The minimum atomic E-state index is 0.167. The fourth-order valence-electron chi connectivity index (χ4n) is 4.49. The van der Waals surface area contributed by atoms with Gasteiger partial charge in [-0.2, -0.15) is 5.10 Å². The predicted molar refractivity (Wildman–Crippen MR) is 101 cm³/mol. The van der Waals surface area contributed by atoms with E-state index in [1.54, 1.807) is 0 Å². The Kier molecular flexibility index (Phi) is 6.51. The van der Waals surface area contributed by atoms with Crippen molar-refractivity contribution < 1.29 is 4.79 Å². The van der Waals surface area contributed by atoms with Crippen LogP contribution < -0.4 is 5.32 Å². The van der Waals surface area contributed by atoms with Gasteiger partial charge in [0.05, 0.1) is 5.69 Å². The lowest BCUT2D eigenvalue weighted by molar-refractivity contribution is -0.122. The molecule has 25 heavy (non-hydrogen) atoms. The van der Waals surface area contributed by atoms with Gasteiger partial charge in [0.25, 0.3) is 0 Å². The molecule has 1 aromatic rings. The molecule has 140 valence electrons. The van der Waals surface area contributed by atoms with E-state index >= 15 is 0 Å². The second-order valence-corrected chi connectivity index (χ2v) is 7.95. The van der Waals surface area contributed by atoms with Gasteiger partial charge >= 0.3 is 0 Å². The van der Waals surface area contributed by atoms with Crippen molar-refractivity contribution in [3.8, 4) is 0 Å². The number of carbonyl (C=O) groups excluding carboxylic acids is 1. The number of hydrogen-bond acceptors (Lipinski definition) is 3. The molecule has 0 radical (unpaired) electrons. The van der Waals surface area contributed by atoms with Gasteiger partial charge in [0.2, 0.25) is 5.91 Å². The largest absolute Gasteiger partial charge is 0.352 e. The van der Waals surface area contributed by atoms with E-state index in [1.165, 1.54) is 51.5 Å². The maximum absolute atomic E-state index is 12.4. The van der Waals surface area contributed by atoms with Gasteiger partial charge < -0.3 is 5.32 Å². The number of carbonyl (C=O) groups is 1. The first-order valence-electron chi connectivity index (χ1n) is 10.2. The molecule has 0 bridgehead atoms. The van der Waals surface area contributed by atoms with Crippen LogP contribution in [-0.4, -0.2) is 45.8 Å². The number of aromatic nitrogens is 2.